The number of carbonyl (C=O) groups excluding carboxylic acids is 1. The van der Waals surface area contributed by atoms with Gasteiger partial charge in [-0.2, -0.15) is 0 Å². The minimum absolute atomic E-state index is 0.135. The number of benzene rings is 1. The highest BCUT2D eigenvalue weighted by Gasteiger charge is 2.30. The lowest BCUT2D eigenvalue weighted by atomic mass is 9.87. The molecule has 2 aromatic rings. The fourth-order valence-electron chi connectivity index (χ4n) is 2.70. The average molecular weight is 317 g/mol. The number of aromatic nitrogens is 2. The van der Waals surface area contributed by atoms with Gasteiger partial charge in [0.2, 0.25) is 5.91 Å². The van der Waals surface area contributed by atoms with Crippen LogP contribution in [0.4, 0.5) is 5.82 Å². The van der Waals surface area contributed by atoms with Crippen LogP contribution < -0.4 is 15.6 Å². The van der Waals surface area contributed by atoms with Gasteiger partial charge in [0.05, 0.1) is 12.7 Å². The number of H-pyrrole nitrogens is 1. The van der Waals surface area contributed by atoms with Gasteiger partial charge in [0.25, 0.3) is 5.56 Å². The van der Waals surface area contributed by atoms with Gasteiger partial charge < -0.3 is 14.6 Å². The molecule has 0 saturated carbocycles. The summed E-state index contributed by atoms with van der Waals surface area (Å²) in [7, 11) is 3.31. The van der Waals surface area contributed by atoms with Crippen LogP contribution in [-0.4, -0.2) is 22.6 Å². The molecular weight excluding hydrogens is 302 g/mol. The molecule has 1 atom stereocenters. The summed E-state index contributed by atoms with van der Waals surface area (Å²) in [5.41, 5.74) is 1.15. The molecule has 1 aliphatic rings. The van der Waals surface area contributed by atoms with E-state index in [4.69, 9.17) is 17.0 Å². The summed E-state index contributed by atoms with van der Waals surface area (Å²) in [5.74, 6) is 0.750. The van der Waals surface area contributed by atoms with Crippen LogP contribution in [-0.2, 0) is 11.8 Å². The Bertz CT molecular complexity index is 852. The number of nitrogens with zero attached hydrogens (tertiary/aromatic N) is 1. The molecule has 1 amide bonds. The molecule has 0 spiro atoms. The van der Waals surface area contributed by atoms with E-state index < -0.39 is 0 Å². The summed E-state index contributed by atoms with van der Waals surface area (Å²) in [4.78, 5) is 27.0. The monoisotopic (exact) mass is 317 g/mol. The minimum atomic E-state index is -0.305. The maximum atomic E-state index is 12.3. The second-order valence-electron chi connectivity index (χ2n) is 5.16. The molecular formula is C15H15N3O3S. The number of anilines is 1. The Hall–Kier alpha value is -2.41. The molecule has 6 nitrogen and oxygen atoms in total. The average Bonchev–Trinajstić information content (AvgIpc) is 2.52. The van der Waals surface area contributed by atoms with Crippen molar-refractivity contribution in [3.8, 4) is 5.75 Å². The first-order chi connectivity index (χ1) is 10.5. The highest BCUT2D eigenvalue weighted by molar-refractivity contribution is 7.71. The molecule has 2 N–H and O–H groups in total. The van der Waals surface area contributed by atoms with Crippen molar-refractivity contribution < 1.29 is 9.53 Å². The zero-order valence-corrected chi connectivity index (χ0v) is 13.0. The van der Waals surface area contributed by atoms with E-state index in [2.05, 4.69) is 10.3 Å². The third kappa shape index (κ3) is 2.33. The van der Waals surface area contributed by atoms with Crippen molar-refractivity contribution in [3.05, 3.63) is 50.5 Å². The SMILES string of the molecule is COc1ccc(C2CC(=O)Nc3c2c(=O)[nH]c(=S)n3C)cc1. The maximum Gasteiger partial charge on any atom is 0.257 e. The van der Waals surface area contributed by atoms with Crippen LogP contribution in [0.5, 0.6) is 5.75 Å². The molecule has 1 unspecified atom stereocenters. The molecule has 3 rings (SSSR count). The molecule has 22 heavy (non-hydrogen) atoms. The molecule has 0 saturated heterocycles. The summed E-state index contributed by atoms with van der Waals surface area (Å²) in [6.07, 6.45) is 0.221. The predicted molar refractivity (Wildman–Crippen MR) is 85.0 cm³/mol. The van der Waals surface area contributed by atoms with Gasteiger partial charge in [-0.25, -0.2) is 0 Å². The quantitative estimate of drug-likeness (QED) is 0.830. The van der Waals surface area contributed by atoms with E-state index in [9.17, 15) is 9.59 Å². The van der Waals surface area contributed by atoms with Gasteiger partial charge in [-0.1, -0.05) is 12.1 Å². The minimum Gasteiger partial charge on any atom is -0.497 e. The highest BCUT2D eigenvalue weighted by Crippen LogP contribution is 2.34. The lowest BCUT2D eigenvalue weighted by molar-refractivity contribution is -0.116. The first-order valence-electron chi connectivity index (χ1n) is 6.78. The van der Waals surface area contributed by atoms with Gasteiger partial charge in [-0.05, 0) is 29.9 Å². The normalized spacial score (nSPS) is 16.8. The Balaban J connectivity index is 2.19. The number of hydrogen-bond acceptors (Lipinski definition) is 4. The Kier molecular flexibility index (Phi) is 3.58. The second kappa shape index (κ2) is 5.42. The first-order valence-corrected chi connectivity index (χ1v) is 7.19. The number of fused-ring (bicyclic) bond motifs is 1. The largest absolute Gasteiger partial charge is 0.497 e. The fourth-order valence-corrected chi connectivity index (χ4v) is 2.89. The molecule has 0 bridgehead atoms. The van der Waals surface area contributed by atoms with Gasteiger partial charge >= 0.3 is 0 Å². The van der Waals surface area contributed by atoms with Crippen LogP contribution >= 0.6 is 12.2 Å². The van der Waals surface area contributed by atoms with Gasteiger partial charge in [0.15, 0.2) is 4.77 Å². The zero-order valence-electron chi connectivity index (χ0n) is 12.2. The molecule has 0 radical (unpaired) electrons. The Morgan fingerprint density at radius 1 is 1.27 bits per heavy atom. The Labute approximate surface area is 131 Å². The van der Waals surface area contributed by atoms with Crippen LogP contribution in [0.25, 0.3) is 0 Å². The van der Waals surface area contributed by atoms with Crippen molar-refractivity contribution >= 4 is 23.9 Å². The van der Waals surface area contributed by atoms with Crippen molar-refractivity contribution in [2.45, 2.75) is 12.3 Å². The zero-order chi connectivity index (χ0) is 15.9. The number of hydrogen-bond donors (Lipinski definition) is 2. The van der Waals surface area contributed by atoms with Crippen molar-refractivity contribution in [1.29, 1.82) is 0 Å². The summed E-state index contributed by atoms with van der Waals surface area (Å²) >= 11 is 5.09. The number of carbonyl (C=O) groups is 1. The second-order valence-corrected chi connectivity index (χ2v) is 5.55. The van der Waals surface area contributed by atoms with Crippen molar-refractivity contribution in [2.75, 3.05) is 12.4 Å². The molecule has 2 heterocycles. The van der Waals surface area contributed by atoms with Gasteiger partial charge in [0, 0.05) is 19.4 Å². The number of amides is 1. The molecule has 7 heteroatoms. The number of rotatable bonds is 2. The summed E-state index contributed by atoms with van der Waals surface area (Å²) in [6, 6.07) is 7.37. The number of aromatic amines is 1. The van der Waals surface area contributed by atoms with Crippen LogP contribution in [0.1, 0.15) is 23.5 Å². The van der Waals surface area contributed by atoms with E-state index in [1.54, 1.807) is 18.7 Å². The third-order valence-electron chi connectivity index (χ3n) is 3.87. The number of ether oxygens (including phenoxy) is 1. The van der Waals surface area contributed by atoms with E-state index in [1.165, 1.54) is 0 Å². The number of nitrogens with one attached hydrogen (secondary N) is 2. The highest BCUT2D eigenvalue weighted by atomic mass is 32.1. The van der Waals surface area contributed by atoms with Gasteiger partial charge in [0.1, 0.15) is 11.6 Å². The summed E-state index contributed by atoms with van der Waals surface area (Å²) in [5, 5.41) is 2.74. The third-order valence-corrected chi connectivity index (χ3v) is 4.25. The van der Waals surface area contributed by atoms with Gasteiger partial charge in [-0.3, -0.25) is 14.6 Å². The smallest absolute Gasteiger partial charge is 0.257 e. The maximum absolute atomic E-state index is 12.3. The molecule has 1 aromatic carbocycles. The lowest BCUT2D eigenvalue weighted by Gasteiger charge is -2.26. The van der Waals surface area contributed by atoms with E-state index in [-0.39, 0.29) is 28.6 Å². The summed E-state index contributed by atoms with van der Waals surface area (Å²) < 4.78 is 7.03. The topological polar surface area (TPSA) is 76.1 Å². The molecule has 1 aromatic heterocycles. The van der Waals surface area contributed by atoms with Crippen LogP contribution in [0, 0.1) is 4.77 Å². The fraction of sp³-hybridized carbons (Fsp3) is 0.267. The Morgan fingerprint density at radius 2 is 1.95 bits per heavy atom. The molecule has 0 fully saturated rings. The van der Waals surface area contributed by atoms with E-state index in [0.717, 1.165) is 11.3 Å². The van der Waals surface area contributed by atoms with Gasteiger partial charge in [-0.15, -0.1) is 0 Å². The van der Waals surface area contributed by atoms with Crippen LogP contribution in [0.2, 0.25) is 0 Å². The van der Waals surface area contributed by atoms with E-state index in [0.29, 0.717) is 11.4 Å². The molecule has 114 valence electrons. The predicted octanol–water partition coefficient (Wildman–Crippen LogP) is 1.93. The van der Waals surface area contributed by atoms with Crippen molar-refractivity contribution in [3.63, 3.8) is 0 Å². The lowest BCUT2D eigenvalue weighted by Crippen LogP contribution is -2.33. The van der Waals surface area contributed by atoms with Crippen molar-refractivity contribution in [2.24, 2.45) is 7.05 Å². The van der Waals surface area contributed by atoms with E-state index in [1.807, 2.05) is 24.3 Å². The molecule has 1 aliphatic heterocycles. The van der Waals surface area contributed by atoms with Crippen LogP contribution in [0.3, 0.4) is 0 Å². The Morgan fingerprint density at radius 3 is 2.59 bits per heavy atom. The summed E-state index contributed by atoms with van der Waals surface area (Å²) in [6.45, 7) is 0. The molecule has 0 aliphatic carbocycles. The van der Waals surface area contributed by atoms with Crippen LogP contribution in [0.15, 0.2) is 29.1 Å². The first kappa shape index (κ1) is 14.5. The van der Waals surface area contributed by atoms with E-state index >= 15 is 0 Å². The van der Waals surface area contributed by atoms with Crippen molar-refractivity contribution in [1.82, 2.24) is 9.55 Å². The standard InChI is InChI=1S/C15H15N3O3S/c1-18-13-12(14(20)17-15(18)22)10(7-11(19)16-13)8-3-5-9(21-2)6-4-8/h3-6,10H,7H2,1-2H3,(H,16,19)(H,17,20,22). The number of methoxy groups -OCH3 is 1.